The molecule has 96 valence electrons. The molecule has 1 aromatic carbocycles. The molecule has 0 spiro atoms. The van der Waals surface area contributed by atoms with Crippen molar-refractivity contribution in [3.8, 4) is 17.7 Å². The summed E-state index contributed by atoms with van der Waals surface area (Å²) < 4.78 is 5.82. The number of hydrogen-bond donors (Lipinski definition) is 0. The molecule has 0 aliphatic heterocycles. The number of rotatable bonds is 2. The molecule has 2 aromatic rings. The molecule has 2 rings (SSSR count). The number of nitrogens with zero attached hydrogens (tertiary/aromatic N) is 2. The minimum Gasteiger partial charge on any atom is -0.437 e. The third-order valence-electron chi connectivity index (χ3n) is 2.79. The van der Waals surface area contributed by atoms with E-state index in [1.165, 1.54) is 0 Å². The zero-order chi connectivity index (χ0) is 13.9. The highest BCUT2D eigenvalue weighted by Gasteiger charge is 2.19. The van der Waals surface area contributed by atoms with Gasteiger partial charge in [0.25, 0.3) is 0 Å². The van der Waals surface area contributed by atoms with Crippen LogP contribution in [0.25, 0.3) is 0 Å². The molecule has 0 atom stereocenters. The monoisotopic (exact) mass is 252 g/mol. The molecule has 0 aliphatic carbocycles. The van der Waals surface area contributed by atoms with E-state index in [1.54, 1.807) is 18.3 Å². The van der Waals surface area contributed by atoms with Crippen LogP contribution in [0.1, 0.15) is 31.9 Å². The molecular weight excluding hydrogens is 236 g/mol. The fourth-order valence-electron chi connectivity index (χ4n) is 1.84. The Morgan fingerprint density at radius 1 is 1.11 bits per heavy atom. The van der Waals surface area contributed by atoms with E-state index in [0.717, 1.165) is 11.3 Å². The van der Waals surface area contributed by atoms with Crippen LogP contribution in [0.15, 0.2) is 42.6 Å². The van der Waals surface area contributed by atoms with Gasteiger partial charge < -0.3 is 4.74 Å². The van der Waals surface area contributed by atoms with Crippen molar-refractivity contribution < 1.29 is 4.74 Å². The molecule has 0 amide bonds. The van der Waals surface area contributed by atoms with Gasteiger partial charge in [0.15, 0.2) is 0 Å². The molecule has 1 heterocycles. The summed E-state index contributed by atoms with van der Waals surface area (Å²) in [5.41, 5.74) is 1.49. The number of para-hydroxylation sites is 1. The van der Waals surface area contributed by atoms with E-state index in [-0.39, 0.29) is 5.41 Å². The number of ether oxygens (including phenoxy) is 1. The lowest BCUT2D eigenvalue weighted by Gasteiger charge is -2.22. The number of nitriles is 1. The maximum Gasteiger partial charge on any atom is 0.237 e. The van der Waals surface area contributed by atoms with Crippen molar-refractivity contribution in [2.24, 2.45) is 0 Å². The van der Waals surface area contributed by atoms with Crippen LogP contribution >= 0.6 is 0 Å². The third-order valence-corrected chi connectivity index (χ3v) is 2.79. The lowest BCUT2D eigenvalue weighted by Crippen LogP contribution is -2.12. The van der Waals surface area contributed by atoms with Crippen LogP contribution in [0.3, 0.4) is 0 Å². The summed E-state index contributed by atoms with van der Waals surface area (Å²) in [5, 5.41) is 9.06. The lowest BCUT2D eigenvalue weighted by atomic mass is 9.86. The van der Waals surface area contributed by atoms with Crippen LogP contribution in [-0.4, -0.2) is 4.98 Å². The van der Waals surface area contributed by atoms with Crippen LogP contribution in [0.4, 0.5) is 0 Å². The molecule has 0 unspecified atom stereocenters. The second kappa shape index (κ2) is 5.11. The van der Waals surface area contributed by atoms with Gasteiger partial charge in [-0.1, -0.05) is 39.0 Å². The number of benzene rings is 1. The van der Waals surface area contributed by atoms with Gasteiger partial charge in [-0.2, -0.15) is 5.26 Å². The molecule has 1 aromatic heterocycles. The normalized spacial score (nSPS) is 10.8. The van der Waals surface area contributed by atoms with E-state index in [4.69, 9.17) is 10.00 Å². The molecule has 0 aliphatic rings. The first-order chi connectivity index (χ1) is 9.02. The summed E-state index contributed by atoms with van der Waals surface area (Å²) >= 11 is 0. The molecule has 0 radical (unpaired) electrons. The zero-order valence-electron chi connectivity index (χ0n) is 11.3. The first-order valence-electron chi connectivity index (χ1n) is 6.15. The van der Waals surface area contributed by atoms with Crippen LogP contribution in [0, 0.1) is 11.3 Å². The minimum absolute atomic E-state index is 0.0296. The number of aromatic nitrogens is 1. The summed E-state index contributed by atoms with van der Waals surface area (Å²) in [6.07, 6.45) is 1.62. The molecule has 0 N–H and O–H groups in total. The SMILES string of the molecule is CC(C)(C)c1ccccc1Oc1ncccc1C#N. The maximum absolute atomic E-state index is 9.06. The lowest BCUT2D eigenvalue weighted by molar-refractivity contribution is 0.438. The average Bonchev–Trinajstić information content (AvgIpc) is 2.39. The Morgan fingerprint density at radius 2 is 1.84 bits per heavy atom. The number of pyridine rings is 1. The van der Waals surface area contributed by atoms with Gasteiger partial charge in [-0.3, -0.25) is 0 Å². The standard InChI is InChI=1S/C16H16N2O/c1-16(2,3)13-8-4-5-9-14(13)19-15-12(11-17)7-6-10-18-15/h4-10H,1-3H3. The van der Waals surface area contributed by atoms with Gasteiger partial charge in [0.1, 0.15) is 17.4 Å². The van der Waals surface area contributed by atoms with Gasteiger partial charge >= 0.3 is 0 Å². The second-order valence-electron chi connectivity index (χ2n) is 5.32. The highest BCUT2D eigenvalue weighted by molar-refractivity contribution is 5.44. The van der Waals surface area contributed by atoms with Crippen LogP contribution in [0.2, 0.25) is 0 Å². The first-order valence-corrected chi connectivity index (χ1v) is 6.15. The maximum atomic E-state index is 9.06. The van der Waals surface area contributed by atoms with Crippen molar-refractivity contribution in [3.05, 3.63) is 53.7 Å². The summed E-state index contributed by atoms with van der Waals surface area (Å²) in [6, 6.07) is 13.3. The fourth-order valence-corrected chi connectivity index (χ4v) is 1.84. The smallest absolute Gasteiger partial charge is 0.237 e. The predicted octanol–water partition coefficient (Wildman–Crippen LogP) is 4.04. The van der Waals surface area contributed by atoms with Crippen molar-refractivity contribution in [3.63, 3.8) is 0 Å². The Labute approximate surface area is 113 Å². The van der Waals surface area contributed by atoms with Crippen molar-refractivity contribution >= 4 is 0 Å². The molecular formula is C16H16N2O. The van der Waals surface area contributed by atoms with Crippen molar-refractivity contribution in [2.75, 3.05) is 0 Å². The summed E-state index contributed by atoms with van der Waals surface area (Å²) in [6.45, 7) is 6.37. The van der Waals surface area contributed by atoms with Gasteiger partial charge in [-0.05, 0) is 23.6 Å². The van der Waals surface area contributed by atoms with Gasteiger partial charge in [0, 0.05) is 11.8 Å². The van der Waals surface area contributed by atoms with E-state index in [2.05, 4.69) is 31.8 Å². The Morgan fingerprint density at radius 3 is 2.53 bits per heavy atom. The highest BCUT2D eigenvalue weighted by atomic mass is 16.5. The summed E-state index contributed by atoms with van der Waals surface area (Å²) in [7, 11) is 0. The Bertz CT molecular complexity index is 621. The van der Waals surface area contributed by atoms with Crippen molar-refractivity contribution in [1.29, 1.82) is 5.26 Å². The molecule has 19 heavy (non-hydrogen) atoms. The first kappa shape index (κ1) is 13.1. The average molecular weight is 252 g/mol. The Kier molecular flexibility index (Phi) is 3.52. The van der Waals surface area contributed by atoms with E-state index >= 15 is 0 Å². The quantitative estimate of drug-likeness (QED) is 0.810. The van der Waals surface area contributed by atoms with Gasteiger partial charge in [0.2, 0.25) is 5.88 Å². The highest BCUT2D eigenvalue weighted by Crippen LogP contribution is 2.33. The van der Waals surface area contributed by atoms with E-state index in [0.29, 0.717) is 11.4 Å². The van der Waals surface area contributed by atoms with Crippen LogP contribution < -0.4 is 4.74 Å². The molecule has 3 heteroatoms. The Hall–Kier alpha value is -2.34. The molecule has 0 bridgehead atoms. The summed E-state index contributed by atoms with van der Waals surface area (Å²) in [5.74, 6) is 1.09. The predicted molar refractivity (Wildman–Crippen MR) is 74.2 cm³/mol. The molecule has 0 fully saturated rings. The topological polar surface area (TPSA) is 45.9 Å². The fraction of sp³-hybridized carbons (Fsp3) is 0.250. The summed E-state index contributed by atoms with van der Waals surface area (Å²) in [4.78, 5) is 4.12. The minimum atomic E-state index is -0.0296. The van der Waals surface area contributed by atoms with E-state index < -0.39 is 0 Å². The molecule has 0 saturated heterocycles. The van der Waals surface area contributed by atoms with Crippen LogP contribution in [-0.2, 0) is 5.41 Å². The van der Waals surface area contributed by atoms with Crippen LogP contribution in [0.5, 0.6) is 11.6 Å². The van der Waals surface area contributed by atoms with Gasteiger partial charge in [-0.15, -0.1) is 0 Å². The van der Waals surface area contributed by atoms with Crippen molar-refractivity contribution in [2.45, 2.75) is 26.2 Å². The van der Waals surface area contributed by atoms with Gasteiger partial charge in [-0.25, -0.2) is 4.98 Å². The largest absolute Gasteiger partial charge is 0.437 e. The second-order valence-corrected chi connectivity index (χ2v) is 5.32. The van der Waals surface area contributed by atoms with Crippen molar-refractivity contribution in [1.82, 2.24) is 4.98 Å². The number of hydrogen-bond acceptors (Lipinski definition) is 3. The molecule has 3 nitrogen and oxygen atoms in total. The zero-order valence-corrected chi connectivity index (χ0v) is 11.3. The Balaban J connectivity index is 2.43. The van der Waals surface area contributed by atoms with Gasteiger partial charge in [0.05, 0.1) is 0 Å². The third kappa shape index (κ3) is 2.92. The van der Waals surface area contributed by atoms with E-state index in [9.17, 15) is 0 Å². The molecule has 0 saturated carbocycles. The van der Waals surface area contributed by atoms with E-state index in [1.807, 2.05) is 24.3 Å².